The number of piperidine rings is 2. The van der Waals surface area contributed by atoms with E-state index in [4.69, 9.17) is 0 Å². The number of amides is 2. The van der Waals surface area contributed by atoms with Crippen molar-refractivity contribution in [1.82, 2.24) is 15.5 Å². The molecule has 2 aliphatic rings. The van der Waals surface area contributed by atoms with Gasteiger partial charge < -0.3 is 15.5 Å². The fourth-order valence-corrected chi connectivity index (χ4v) is 2.69. The van der Waals surface area contributed by atoms with Gasteiger partial charge in [0.2, 0.25) is 11.8 Å². The van der Waals surface area contributed by atoms with Crippen LogP contribution in [0.2, 0.25) is 0 Å². The molecule has 0 aromatic carbocycles. The Labute approximate surface area is 108 Å². The summed E-state index contributed by atoms with van der Waals surface area (Å²) in [5, 5.41) is 6.16. The van der Waals surface area contributed by atoms with Gasteiger partial charge in [-0.25, -0.2) is 0 Å². The van der Waals surface area contributed by atoms with Gasteiger partial charge in [-0.15, -0.1) is 0 Å². The summed E-state index contributed by atoms with van der Waals surface area (Å²) < 4.78 is 0. The number of likely N-dealkylation sites (tertiary alicyclic amines) is 1. The molecule has 2 fully saturated rings. The van der Waals surface area contributed by atoms with Crippen LogP contribution in [0.25, 0.3) is 0 Å². The molecule has 2 heterocycles. The van der Waals surface area contributed by atoms with Crippen molar-refractivity contribution in [2.45, 2.75) is 51.1 Å². The normalized spacial score (nSPS) is 26.6. The maximum absolute atomic E-state index is 12.2. The molecule has 2 amide bonds. The van der Waals surface area contributed by atoms with E-state index in [9.17, 15) is 9.59 Å². The van der Waals surface area contributed by atoms with Crippen molar-refractivity contribution in [2.75, 3.05) is 19.6 Å². The minimum absolute atomic E-state index is 0.114. The Morgan fingerprint density at radius 3 is 2.72 bits per heavy atom. The maximum Gasteiger partial charge on any atom is 0.239 e. The summed E-state index contributed by atoms with van der Waals surface area (Å²) in [5.41, 5.74) is 0. The molecule has 18 heavy (non-hydrogen) atoms. The van der Waals surface area contributed by atoms with E-state index in [1.807, 2.05) is 11.8 Å². The van der Waals surface area contributed by atoms with Gasteiger partial charge in [0.15, 0.2) is 0 Å². The van der Waals surface area contributed by atoms with E-state index in [1.165, 1.54) is 6.42 Å². The monoisotopic (exact) mass is 253 g/mol. The fourth-order valence-electron chi connectivity index (χ4n) is 2.69. The number of carbonyl (C=O) groups is 2. The van der Waals surface area contributed by atoms with Crippen LogP contribution in [0.3, 0.4) is 0 Å². The van der Waals surface area contributed by atoms with Crippen LogP contribution in [-0.2, 0) is 9.59 Å². The van der Waals surface area contributed by atoms with Crippen LogP contribution in [0.15, 0.2) is 0 Å². The quantitative estimate of drug-likeness (QED) is 0.758. The van der Waals surface area contributed by atoms with Crippen molar-refractivity contribution in [3.63, 3.8) is 0 Å². The van der Waals surface area contributed by atoms with Gasteiger partial charge in [-0.05, 0) is 32.6 Å². The lowest BCUT2D eigenvalue weighted by molar-refractivity contribution is -0.134. The first-order valence-corrected chi connectivity index (χ1v) is 6.98. The van der Waals surface area contributed by atoms with E-state index in [2.05, 4.69) is 10.6 Å². The van der Waals surface area contributed by atoms with Crippen molar-refractivity contribution in [3.8, 4) is 0 Å². The van der Waals surface area contributed by atoms with Gasteiger partial charge in [0.25, 0.3) is 0 Å². The molecule has 0 aromatic heterocycles. The molecule has 0 aromatic rings. The summed E-state index contributed by atoms with van der Waals surface area (Å²) in [6.45, 7) is 4.35. The van der Waals surface area contributed by atoms with Crippen molar-refractivity contribution in [3.05, 3.63) is 0 Å². The molecule has 0 aliphatic carbocycles. The molecule has 0 saturated carbocycles. The van der Waals surface area contributed by atoms with E-state index in [1.54, 1.807) is 0 Å². The van der Waals surface area contributed by atoms with Gasteiger partial charge in [-0.2, -0.15) is 0 Å². The summed E-state index contributed by atoms with van der Waals surface area (Å²) >= 11 is 0. The zero-order chi connectivity index (χ0) is 13.0. The predicted molar refractivity (Wildman–Crippen MR) is 69.1 cm³/mol. The van der Waals surface area contributed by atoms with Crippen molar-refractivity contribution in [1.29, 1.82) is 0 Å². The van der Waals surface area contributed by atoms with Crippen LogP contribution in [0.5, 0.6) is 0 Å². The van der Waals surface area contributed by atoms with E-state index < -0.39 is 0 Å². The minimum Gasteiger partial charge on any atom is -0.355 e. The molecule has 0 radical (unpaired) electrons. The first kappa shape index (κ1) is 13.3. The zero-order valence-corrected chi connectivity index (χ0v) is 11.1. The third-order valence-electron chi connectivity index (χ3n) is 3.79. The zero-order valence-electron chi connectivity index (χ0n) is 11.1. The third kappa shape index (κ3) is 3.45. The molecule has 2 N–H and O–H groups in total. The molecule has 2 aliphatic heterocycles. The van der Waals surface area contributed by atoms with Crippen LogP contribution in [0.4, 0.5) is 0 Å². The molecule has 0 spiro atoms. The second-order valence-electron chi connectivity index (χ2n) is 5.31. The first-order chi connectivity index (χ1) is 8.66. The summed E-state index contributed by atoms with van der Waals surface area (Å²) in [4.78, 5) is 25.2. The molecule has 0 bridgehead atoms. The minimum atomic E-state index is -0.150. The number of hydrogen-bond donors (Lipinski definition) is 2. The van der Waals surface area contributed by atoms with E-state index in [-0.39, 0.29) is 23.9 Å². The maximum atomic E-state index is 12.2. The molecule has 2 atom stereocenters. The first-order valence-electron chi connectivity index (χ1n) is 6.98. The molecule has 102 valence electrons. The smallest absolute Gasteiger partial charge is 0.239 e. The Hall–Kier alpha value is -1.10. The van der Waals surface area contributed by atoms with E-state index >= 15 is 0 Å². The SMILES string of the molecule is CC(NC1CCC(=O)NC1)C(=O)N1CCCCC1. The Kier molecular flexibility index (Phi) is 4.58. The average molecular weight is 253 g/mol. The molecule has 2 unspecified atom stereocenters. The van der Waals surface area contributed by atoms with Gasteiger partial charge in [0.1, 0.15) is 0 Å². The lowest BCUT2D eigenvalue weighted by Crippen LogP contribution is -2.54. The van der Waals surface area contributed by atoms with Crippen molar-refractivity contribution < 1.29 is 9.59 Å². The highest BCUT2D eigenvalue weighted by Crippen LogP contribution is 2.11. The largest absolute Gasteiger partial charge is 0.355 e. The Morgan fingerprint density at radius 2 is 2.11 bits per heavy atom. The molecular weight excluding hydrogens is 230 g/mol. The average Bonchev–Trinajstić information content (AvgIpc) is 2.41. The highest BCUT2D eigenvalue weighted by Gasteiger charge is 2.25. The second kappa shape index (κ2) is 6.18. The van der Waals surface area contributed by atoms with Crippen LogP contribution >= 0.6 is 0 Å². The topological polar surface area (TPSA) is 61.4 Å². The Balaban J connectivity index is 1.77. The summed E-state index contributed by atoms with van der Waals surface area (Å²) in [6, 6.07) is 0.0783. The van der Waals surface area contributed by atoms with Crippen LogP contribution in [0, 0.1) is 0 Å². The molecule has 2 rings (SSSR count). The Morgan fingerprint density at radius 1 is 1.39 bits per heavy atom. The number of nitrogens with zero attached hydrogens (tertiary/aromatic N) is 1. The number of hydrogen-bond acceptors (Lipinski definition) is 3. The summed E-state index contributed by atoms with van der Waals surface area (Å²) in [5.74, 6) is 0.315. The predicted octanol–water partition coefficient (Wildman–Crippen LogP) is 0.256. The molecule has 5 heteroatoms. The summed E-state index contributed by atoms with van der Waals surface area (Å²) in [6.07, 6.45) is 4.86. The highest BCUT2D eigenvalue weighted by molar-refractivity contribution is 5.81. The highest BCUT2D eigenvalue weighted by atomic mass is 16.2. The van der Waals surface area contributed by atoms with Gasteiger partial charge in [-0.1, -0.05) is 0 Å². The van der Waals surface area contributed by atoms with E-state index in [0.29, 0.717) is 13.0 Å². The van der Waals surface area contributed by atoms with Crippen LogP contribution in [-0.4, -0.2) is 48.4 Å². The van der Waals surface area contributed by atoms with Crippen LogP contribution < -0.4 is 10.6 Å². The number of rotatable bonds is 3. The number of carbonyl (C=O) groups excluding carboxylic acids is 2. The Bertz CT molecular complexity index is 303. The van der Waals surface area contributed by atoms with Crippen molar-refractivity contribution in [2.24, 2.45) is 0 Å². The van der Waals surface area contributed by atoms with Gasteiger partial charge in [0.05, 0.1) is 6.04 Å². The van der Waals surface area contributed by atoms with Crippen LogP contribution in [0.1, 0.15) is 39.0 Å². The lowest BCUT2D eigenvalue weighted by Gasteiger charge is -2.32. The lowest BCUT2D eigenvalue weighted by atomic mass is 10.1. The second-order valence-corrected chi connectivity index (χ2v) is 5.31. The standard InChI is InChI=1S/C13H23N3O2/c1-10(13(18)16-7-3-2-4-8-16)15-11-5-6-12(17)14-9-11/h10-11,15H,2-9H2,1H3,(H,14,17). The fraction of sp³-hybridized carbons (Fsp3) is 0.846. The van der Waals surface area contributed by atoms with E-state index in [0.717, 1.165) is 32.4 Å². The molecular formula is C13H23N3O2. The van der Waals surface area contributed by atoms with Gasteiger partial charge in [-0.3, -0.25) is 9.59 Å². The van der Waals surface area contributed by atoms with Crippen molar-refractivity contribution >= 4 is 11.8 Å². The molecule has 5 nitrogen and oxygen atoms in total. The number of nitrogens with one attached hydrogen (secondary N) is 2. The molecule has 2 saturated heterocycles. The third-order valence-corrected chi connectivity index (χ3v) is 3.79. The summed E-state index contributed by atoms with van der Waals surface area (Å²) in [7, 11) is 0. The van der Waals surface area contributed by atoms with Gasteiger partial charge >= 0.3 is 0 Å². The van der Waals surface area contributed by atoms with Gasteiger partial charge in [0, 0.05) is 32.1 Å².